The van der Waals surface area contributed by atoms with E-state index in [1.807, 2.05) is 0 Å². The molecule has 0 aliphatic heterocycles. The second-order valence-corrected chi connectivity index (χ2v) is 4.97. The van der Waals surface area contributed by atoms with Crippen LogP contribution in [0.2, 0.25) is 0 Å². The van der Waals surface area contributed by atoms with Crippen LogP contribution in [0.1, 0.15) is 45.4 Å². The Morgan fingerprint density at radius 3 is 2.59 bits per heavy atom. The highest BCUT2D eigenvalue weighted by Gasteiger charge is 2.26. The molecule has 1 fully saturated rings. The van der Waals surface area contributed by atoms with E-state index >= 15 is 0 Å². The largest absolute Gasteiger partial charge is 0.342 e. The van der Waals surface area contributed by atoms with Crippen LogP contribution < -0.4 is 11.1 Å². The molecule has 17 heavy (non-hydrogen) atoms. The lowest BCUT2D eigenvalue weighted by Crippen LogP contribution is -2.39. The molecule has 0 aromatic rings. The number of carbonyl (C=O) groups excluding carboxylic acids is 1. The van der Waals surface area contributed by atoms with E-state index in [0.29, 0.717) is 5.92 Å². The number of rotatable bonds is 5. The lowest BCUT2D eigenvalue weighted by Gasteiger charge is -2.27. The van der Waals surface area contributed by atoms with Crippen LogP contribution in [0.5, 0.6) is 0 Å². The fraction of sp³-hybridized carbons (Fsp3) is 0.786. The summed E-state index contributed by atoms with van der Waals surface area (Å²) in [4.78, 5) is 12.0. The first-order valence-corrected chi connectivity index (χ1v) is 6.67. The molecule has 1 aliphatic carbocycles. The van der Waals surface area contributed by atoms with Gasteiger partial charge < -0.3 is 11.1 Å². The van der Waals surface area contributed by atoms with E-state index < -0.39 is 0 Å². The van der Waals surface area contributed by atoms with Crippen molar-refractivity contribution in [3.05, 3.63) is 0 Å². The van der Waals surface area contributed by atoms with Gasteiger partial charge in [-0.1, -0.05) is 19.3 Å². The number of terminal acetylenes is 1. The molecular weight excluding hydrogens is 212 g/mol. The Morgan fingerprint density at radius 1 is 1.47 bits per heavy atom. The van der Waals surface area contributed by atoms with Gasteiger partial charge in [0.25, 0.3) is 0 Å². The van der Waals surface area contributed by atoms with Gasteiger partial charge >= 0.3 is 0 Å². The quantitative estimate of drug-likeness (QED) is 0.713. The molecule has 1 amide bonds. The molecule has 1 atom stereocenters. The molecule has 1 aliphatic rings. The highest BCUT2D eigenvalue weighted by molar-refractivity contribution is 5.79. The second-order valence-electron chi connectivity index (χ2n) is 4.97. The standard InChI is InChI=1S/C14H24N2O/c1-3-5-13(4-2)16-14(17)12-8-6-11(10-15)7-9-12/h2,11-13H,3,5-10,15H2,1H3,(H,16,17). The Labute approximate surface area is 105 Å². The molecule has 0 spiro atoms. The molecule has 0 heterocycles. The van der Waals surface area contributed by atoms with E-state index in [1.54, 1.807) is 0 Å². The molecule has 0 radical (unpaired) electrons. The van der Waals surface area contributed by atoms with Gasteiger partial charge in [0.1, 0.15) is 0 Å². The van der Waals surface area contributed by atoms with E-state index in [9.17, 15) is 4.79 Å². The summed E-state index contributed by atoms with van der Waals surface area (Å²) in [7, 11) is 0. The summed E-state index contributed by atoms with van der Waals surface area (Å²) < 4.78 is 0. The predicted molar refractivity (Wildman–Crippen MR) is 70.2 cm³/mol. The molecule has 0 aromatic carbocycles. The number of hydrogen-bond acceptors (Lipinski definition) is 2. The van der Waals surface area contributed by atoms with E-state index in [2.05, 4.69) is 18.2 Å². The van der Waals surface area contributed by atoms with Crippen LogP contribution in [0.15, 0.2) is 0 Å². The average Bonchev–Trinajstić information content (AvgIpc) is 2.38. The molecule has 0 aromatic heterocycles. The lowest BCUT2D eigenvalue weighted by molar-refractivity contribution is -0.126. The summed E-state index contributed by atoms with van der Waals surface area (Å²) in [6.07, 6.45) is 11.3. The molecule has 3 N–H and O–H groups in total. The Hall–Kier alpha value is -1.01. The van der Waals surface area contributed by atoms with Crippen molar-refractivity contribution in [2.45, 2.75) is 51.5 Å². The first-order chi connectivity index (χ1) is 8.21. The first-order valence-electron chi connectivity index (χ1n) is 6.67. The van der Waals surface area contributed by atoms with Gasteiger partial charge in [-0.3, -0.25) is 4.79 Å². The maximum atomic E-state index is 12.0. The molecule has 1 saturated carbocycles. The van der Waals surface area contributed by atoms with Crippen molar-refractivity contribution in [1.29, 1.82) is 0 Å². The maximum absolute atomic E-state index is 12.0. The van der Waals surface area contributed by atoms with Crippen LogP contribution in [0, 0.1) is 24.2 Å². The monoisotopic (exact) mass is 236 g/mol. The van der Waals surface area contributed by atoms with Crippen molar-refractivity contribution in [3.63, 3.8) is 0 Å². The highest BCUT2D eigenvalue weighted by Crippen LogP contribution is 2.28. The Kier molecular flexibility index (Phi) is 6.07. The molecule has 1 unspecified atom stereocenters. The van der Waals surface area contributed by atoms with Crippen LogP contribution in [-0.2, 0) is 4.79 Å². The van der Waals surface area contributed by atoms with Crippen LogP contribution in [0.4, 0.5) is 0 Å². The lowest BCUT2D eigenvalue weighted by atomic mass is 9.81. The number of nitrogens with one attached hydrogen (secondary N) is 1. The molecule has 3 heteroatoms. The molecular formula is C14H24N2O. The third-order valence-corrected chi connectivity index (χ3v) is 3.65. The van der Waals surface area contributed by atoms with Crippen molar-refractivity contribution in [2.24, 2.45) is 17.6 Å². The summed E-state index contributed by atoms with van der Waals surface area (Å²) in [5.74, 6) is 3.53. The van der Waals surface area contributed by atoms with Crippen LogP contribution in [0.3, 0.4) is 0 Å². The normalized spacial score (nSPS) is 25.9. The van der Waals surface area contributed by atoms with E-state index in [0.717, 1.165) is 45.1 Å². The molecule has 96 valence electrons. The molecule has 3 nitrogen and oxygen atoms in total. The van der Waals surface area contributed by atoms with Crippen molar-refractivity contribution in [3.8, 4) is 12.3 Å². The predicted octanol–water partition coefficient (Wildman–Crippen LogP) is 1.67. The van der Waals surface area contributed by atoms with Crippen LogP contribution >= 0.6 is 0 Å². The molecule has 1 rings (SSSR count). The van der Waals surface area contributed by atoms with Gasteiger partial charge in [-0.05, 0) is 44.6 Å². The third-order valence-electron chi connectivity index (χ3n) is 3.65. The van der Waals surface area contributed by atoms with Gasteiger partial charge in [0.2, 0.25) is 5.91 Å². The number of nitrogens with two attached hydrogens (primary N) is 1. The van der Waals surface area contributed by atoms with Gasteiger partial charge in [0.05, 0.1) is 6.04 Å². The Balaban J connectivity index is 2.36. The zero-order chi connectivity index (χ0) is 12.7. The second kappa shape index (κ2) is 7.34. The average molecular weight is 236 g/mol. The fourth-order valence-electron chi connectivity index (χ4n) is 2.44. The minimum atomic E-state index is -0.0975. The highest BCUT2D eigenvalue weighted by atomic mass is 16.1. The van der Waals surface area contributed by atoms with Crippen LogP contribution in [-0.4, -0.2) is 18.5 Å². The van der Waals surface area contributed by atoms with Crippen molar-refractivity contribution < 1.29 is 4.79 Å². The Morgan fingerprint density at radius 2 is 2.12 bits per heavy atom. The van der Waals surface area contributed by atoms with E-state index in [1.165, 1.54) is 0 Å². The number of carbonyl (C=O) groups is 1. The van der Waals surface area contributed by atoms with Gasteiger partial charge in [-0.25, -0.2) is 0 Å². The van der Waals surface area contributed by atoms with Gasteiger partial charge in [-0.15, -0.1) is 6.42 Å². The zero-order valence-corrected chi connectivity index (χ0v) is 10.7. The van der Waals surface area contributed by atoms with Crippen molar-refractivity contribution in [2.75, 3.05) is 6.54 Å². The summed E-state index contributed by atoms with van der Waals surface area (Å²) >= 11 is 0. The number of amides is 1. The fourth-order valence-corrected chi connectivity index (χ4v) is 2.44. The van der Waals surface area contributed by atoms with Gasteiger partial charge in [-0.2, -0.15) is 0 Å². The maximum Gasteiger partial charge on any atom is 0.224 e. The number of hydrogen-bond donors (Lipinski definition) is 2. The topological polar surface area (TPSA) is 55.1 Å². The smallest absolute Gasteiger partial charge is 0.224 e. The molecule has 0 saturated heterocycles. The molecule has 0 bridgehead atoms. The summed E-state index contributed by atoms with van der Waals surface area (Å²) in [6, 6.07) is -0.0975. The Bertz CT molecular complexity index is 274. The van der Waals surface area contributed by atoms with Crippen LogP contribution in [0.25, 0.3) is 0 Å². The van der Waals surface area contributed by atoms with Gasteiger partial charge in [0.15, 0.2) is 0 Å². The van der Waals surface area contributed by atoms with Gasteiger partial charge in [0, 0.05) is 5.92 Å². The summed E-state index contributed by atoms with van der Waals surface area (Å²) in [6.45, 7) is 2.82. The summed E-state index contributed by atoms with van der Waals surface area (Å²) in [5.41, 5.74) is 5.64. The third kappa shape index (κ3) is 4.40. The minimum absolute atomic E-state index is 0.0975. The van der Waals surface area contributed by atoms with Crippen molar-refractivity contribution >= 4 is 5.91 Å². The first kappa shape index (κ1) is 14.1. The van der Waals surface area contributed by atoms with E-state index in [4.69, 9.17) is 12.2 Å². The SMILES string of the molecule is C#CC(CCC)NC(=O)C1CCC(CN)CC1. The summed E-state index contributed by atoms with van der Waals surface area (Å²) in [5, 5.41) is 2.96. The zero-order valence-electron chi connectivity index (χ0n) is 10.7. The minimum Gasteiger partial charge on any atom is -0.342 e. The van der Waals surface area contributed by atoms with Crippen molar-refractivity contribution in [1.82, 2.24) is 5.32 Å². The van der Waals surface area contributed by atoms with E-state index in [-0.39, 0.29) is 17.9 Å².